The van der Waals surface area contributed by atoms with E-state index in [1.807, 2.05) is 0 Å². The standard InChI is InChI=1S/C12H11BrClN3O3S/c1-20-10-5-8(13)9(15)6-11(10)21(18,19)17-12-4-7(14)2-3-16-12/h2-6H,15H2,1H3,(H,16,17). The largest absolute Gasteiger partial charge is 0.495 e. The molecule has 0 saturated heterocycles. The number of nitrogens with zero attached hydrogens (tertiary/aromatic N) is 1. The van der Waals surface area contributed by atoms with Crippen LogP contribution >= 0.6 is 27.5 Å². The number of hydrogen-bond donors (Lipinski definition) is 2. The first kappa shape index (κ1) is 15.9. The van der Waals surface area contributed by atoms with E-state index in [1.54, 1.807) is 0 Å². The maximum absolute atomic E-state index is 12.4. The van der Waals surface area contributed by atoms with Gasteiger partial charge in [0.1, 0.15) is 16.5 Å². The van der Waals surface area contributed by atoms with Crippen molar-refractivity contribution in [1.29, 1.82) is 0 Å². The quantitative estimate of drug-likeness (QED) is 0.780. The highest BCUT2D eigenvalue weighted by Crippen LogP contribution is 2.33. The first-order chi connectivity index (χ1) is 9.83. The number of nitrogens with two attached hydrogens (primary N) is 1. The monoisotopic (exact) mass is 391 g/mol. The minimum Gasteiger partial charge on any atom is -0.495 e. The molecule has 0 aliphatic heterocycles. The van der Waals surface area contributed by atoms with Gasteiger partial charge in [-0.05, 0) is 34.1 Å². The van der Waals surface area contributed by atoms with E-state index in [0.29, 0.717) is 9.50 Å². The summed E-state index contributed by atoms with van der Waals surface area (Å²) >= 11 is 9.01. The maximum atomic E-state index is 12.4. The van der Waals surface area contributed by atoms with Crippen LogP contribution in [-0.2, 0) is 10.0 Å². The van der Waals surface area contributed by atoms with E-state index in [2.05, 4.69) is 25.6 Å². The normalized spacial score (nSPS) is 11.2. The summed E-state index contributed by atoms with van der Waals surface area (Å²) in [6, 6.07) is 5.72. The molecule has 1 heterocycles. The minimum absolute atomic E-state index is 0.0903. The first-order valence-corrected chi connectivity index (χ1v) is 8.26. The van der Waals surface area contributed by atoms with Gasteiger partial charge < -0.3 is 10.5 Å². The number of nitrogen functional groups attached to an aromatic ring is 1. The lowest BCUT2D eigenvalue weighted by atomic mass is 10.3. The molecular formula is C12H11BrClN3O3S. The predicted molar refractivity (Wildman–Crippen MR) is 85.2 cm³/mol. The topological polar surface area (TPSA) is 94.3 Å². The molecule has 0 aliphatic carbocycles. The zero-order chi connectivity index (χ0) is 15.6. The summed E-state index contributed by atoms with van der Waals surface area (Å²) in [4.78, 5) is 3.80. The maximum Gasteiger partial charge on any atom is 0.266 e. The highest BCUT2D eigenvalue weighted by Gasteiger charge is 2.22. The fraction of sp³-hybridized carbons (Fsp3) is 0.0833. The molecule has 9 heteroatoms. The molecule has 1 aromatic carbocycles. The van der Waals surface area contributed by atoms with E-state index >= 15 is 0 Å². The van der Waals surface area contributed by atoms with Crippen molar-refractivity contribution in [2.24, 2.45) is 0 Å². The van der Waals surface area contributed by atoms with E-state index in [-0.39, 0.29) is 22.2 Å². The summed E-state index contributed by atoms with van der Waals surface area (Å²) < 4.78 is 32.8. The van der Waals surface area contributed by atoms with Crippen molar-refractivity contribution in [2.45, 2.75) is 4.90 Å². The second-order valence-electron chi connectivity index (χ2n) is 3.99. The fourth-order valence-corrected chi connectivity index (χ4v) is 3.24. The zero-order valence-corrected chi connectivity index (χ0v) is 14.0. The van der Waals surface area contributed by atoms with Gasteiger partial charge in [0.05, 0.1) is 7.11 Å². The van der Waals surface area contributed by atoms with Gasteiger partial charge >= 0.3 is 0 Å². The van der Waals surface area contributed by atoms with Crippen LogP contribution in [0.2, 0.25) is 5.02 Å². The van der Waals surface area contributed by atoms with Crippen LogP contribution < -0.4 is 15.2 Å². The van der Waals surface area contributed by atoms with Gasteiger partial charge in [0.2, 0.25) is 0 Å². The molecule has 1 aromatic heterocycles. The molecule has 0 saturated carbocycles. The summed E-state index contributed by atoms with van der Waals surface area (Å²) in [6.07, 6.45) is 1.40. The Balaban J connectivity index is 2.47. The van der Waals surface area contributed by atoms with Gasteiger partial charge in [-0.25, -0.2) is 13.4 Å². The lowest BCUT2D eigenvalue weighted by Crippen LogP contribution is -2.15. The van der Waals surface area contributed by atoms with Gasteiger partial charge in [0.15, 0.2) is 0 Å². The number of rotatable bonds is 4. The molecule has 112 valence electrons. The second kappa shape index (κ2) is 6.08. The average molecular weight is 393 g/mol. The molecular weight excluding hydrogens is 382 g/mol. The first-order valence-electron chi connectivity index (χ1n) is 5.61. The predicted octanol–water partition coefficient (Wildman–Crippen LogP) is 2.89. The number of ether oxygens (including phenoxy) is 1. The summed E-state index contributed by atoms with van der Waals surface area (Å²) in [7, 11) is -2.54. The molecule has 0 atom stereocenters. The number of halogens is 2. The zero-order valence-electron chi connectivity index (χ0n) is 10.8. The molecule has 3 N–H and O–H groups in total. The summed E-state index contributed by atoms with van der Waals surface area (Å²) in [5.41, 5.74) is 6.00. The molecule has 2 rings (SSSR count). The summed E-state index contributed by atoms with van der Waals surface area (Å²) in [6.45, 7) is 0. The second-order valence-corrected chi connectivity index (χ2v) is 6.93. The lowest BCUT2D eigenvalue weighted by Gasteiger charge is -2.12. The Morgan fingerprint density at radius 3 is 2.71 bits per heavy atom. The van der Waals surface area contributed by atoms with Crippen molar-refractivity contribution < 1.29 is 13.2 Å². The van der Waals surface area contributed by atoms with E-state index in [1.165, 1.54) is 37.6 Å². The molecule has 0 spiro atoms. The number of anilines is 2. The lowest BCUT2D eigenvalue weighted by molar-refractivity contribution is 0.402. The van der Waals surface area contributed by atoms with Crippen molar-refractivity contribution in [3.63, 3.8) is 0 Å². The number of methoxy groups -OCH3 is 1. The average Bonchev–Trinajstić information content (AvgIpc) is 2.40. The molecule has 21 heavy (non-hydrogen) atoms. The Morgan fingerprint density at radius 2 is 2.10 bits per heavy atom. The Bertz CT molecular complexity index is 783. The molecule has 0 aliphatic rings. The molecule has 6 nitrogen and oxygen atoms in total. The van der Waals surface area contributed by atoms with Crippen LogP contribution in [0.25, 0.3) is 0 Å². The van der Waals surface area contributed by atoms with Gasteiger partial charge in [0, 0.05) is 27.4 Å². The third-order valence-electron chi connectivity index (χ3n) is 2.53. The number of sulfonamides is 1. The molecule has 0 radical (unpaired) electrons. The van der Waals surface area contributed by atoms with Gasteiger partial charge in [-0.3, -0.25) is 4.72 Å². The van der Waals surface area contributed by atoms with Gasteiger partial charge in [-0.2, -0.15) is 0 Å². The van der Waals surface area contributed by atoms with Crippen LogP contribution in [0.1, 0.15) is 0 Å². The third kappa shape index (κ3) is 3.58. The van der Waals surface area contributed by atoms with E-state index in [9.17, 15) is 8.42 Å². The number of pyridine rings is 1. The van der Waals surface area contributed by atoms with Crippen LogP contribution in [0.5, 0.6) is 5.75 Å². The molecule has 2 aromatic rings. The Morgan fingerprint density at radius 1 is 1.38 bits per heavy atom. The van der Waals surface area contributed by atoms with Crippen molar-refractivity contribution >= 4 is 49.1 Å². The third-order valence-corrected chi connectivity index (χ3v) is 4.83. The van der Waals surface area contributed by atoms with Crippen LogP contribution in [-0.4, -0.2) is 20.5 Å². The fourth-order valence-electron chi connectivity index (χ4n) is 1.57. The Labute approximate surface area is 135 Å². The number of nitrogens with one attached hydrogen (secondary N) is 1. The molecule has 0 amide bonds. The highest BCUT2D eigenvalue weighted by atomic mass is 79.9. The summed E-state index contributed by atoms with van der Waals surface area (Å²) in [5, 5.41) is 0.366. The SMILES string of the molecule is COc1cc(Br)c(N)cc1S(=O)(=O)Nc1cc(Cl)ccn1. The van der Waals surface area contributed by atoms with E-state index < -0.39 is 10.0 Å². The van der Waals surface area contributed by atoms with Crippen LogP contribution in [0.3, 0.4) is 0 Å². The van der Waals surface area contributed by atoms with Gasteiger partial charge in [-0.15, -0.1) is 0 Å². The number of benzene rings is 1. The van der Waals surface area contributed by atoms with Crippen LogP contribution in [0.4, 0.5) is 11.5 Å². The molecule has 0 fully saturated rings. The van der Waals surface area contributed by atoms with E-state index in [0.717, 1.165) is 0 Å². The van der Waals surface area contributed by atoms with Gasteiger partial charge in [-0.1, -0.05) is 11.6 Å². The van der Waals surface area contributed by atoms with Crippen LogP contribution in [0.15, 0.2) is 39.8 Å². The van der Waals surface area contributed by atoms with Crippen molar-refractivity contribution in [2.75, 3.05) is 17.6 Å². The van der Waals surface area contributed by atoms with Crippen molar-refractivity contribution in [3.8, 4) is 5.75 Å². The van der Waals surface area contributed by atoms with Crippen molar-refractivity contribution in [3.05, 3.63) is 40.0 Å². The van der Waals surface area contributed by atoms with Crippen LogP contribution in [0, 0.1) is 0 Å². The minimum atomic E-state index is -3.91. The number of hydrogen-bond acceptors (Lipinski definition) is 5. The van der Waals surface area contributed by atoms with E-state index in [4.69, 9.17) is 22.1 Å². The number of aromatic nitrogens is 1. The summed E-state index contributed by atoms with van der Waals surface area (Å²) in [5.74, 6) is 0.261. The Hall–Kier alpha value is -1.51. The smallest absolute Gasteiger partial charge is 0.266 e. The highest BCUT2D eigenvalue weighted by molar-refractivity contribution is 9.10. The molecule has 0 bridgehead atoms. The van der Waals surface area contributed by atoms with Gasteiger partial charge in [0.25, 0.3) is 10.0 Å². The Kier molecular flexibility index (Phi) is 4.60. The molecule has 0 unspecified atom stereocenters. The van der Waals surface area contributed by atoms with Crippen molar-refractivity contribution in [1.82, 2.24) is 4.98 Å².